The van der Waals surface area contributed by atoms with Crippen LogP contribution in [-0.4, -0.2) is 42.1 Å². The molecule has 4 N–H and O–H groups in total. The van der Waals surface area contributed by atoms with E-state index >= 15 is 0 Å². The van der Waals surface area contributed by atoms with Crippen LogP contribution in [0, 0.1) is 0 Å². The molecular formula is C23H25N3O6. The van der Waals surface area contributed by atoms with Gasteiger partial charge >= 0.3 is 12.1 Å². The van der Waals surface area contributed by atoms with Crippen molar-refractivity contribution in [3.63, 3.8) is 0 Å². The lowest BCUT2D eigenvalue weighted by molar-refractivity contribution is -0.135. The molecule has 0 spiro atoms. The Balaban J connectivity index is 1.91. The molecule has 32 heavy (non-hydrogen) atoms. The Morgan fingerprint density at radius 3 is 1.81 bits per heavy atom. The largest absolute Gasteiger partial charge is 0.480 e. The van der Waals surface area contributed by atoms with Crippen LogP contribution < -0.4 is 16.0 Å². The summed E-state index contributed by atoms with van der Waals surface area (Å²) in [6.07, 6.45) is -0.157. The summed E-state index contributed by atoms with van der Waals surface area (Å²) in [5, 5.41) is 16.5. The summed E-state index contributed by atoms with van der Waals surface area (Å²) in [6.45, 7) is 2.94. The van der Waals surface area contributed by atoms with Crippen molar-refractivity contribution >= 4 is 35.3 Å². The fraction of sp³-hybridized carbons (Fsp3) is 0.304. The van der Waals surface area contributed by atoms with Crippen molar-refractivity contribution in [1.29, 1.82) is 0 Å². The number of amides is 3. The number of anilines is 2. The van der Waals surface area contributed by atoms with Gasteiger partial charge in [-0.25, -0.2) is 4.79 Å². The molecule has 3 amide bonds. The number of fused-ring (bicyclic) bond motifs is 3. The van der Waals surface area contributed by atoms with Gasteiger partial charge in [0.25, 0.3) is 0 Å². The number of hydrogen-bond acceptors (Lipinski definition) is 5. The first-order valence-corrected chi connectivity index (χ1v) is 10.3. The SMILES string of the molecule is CCC(=O)Nc1ccc2c(c1)C(COC(=O)NCC(=O)O)c1cc(NC(=O)CC)ccc1-2. The van der Waals surface area contributed by atoms with Gasteiger partial charge in [-0.2, -0.15) is 0 Å². The van der Waals surface area contributed by atoms with Gasteiger partial charge in [0, 0.05) is 30.1 Å². The Morgan fingerprint density at radius 1 is 0.875 bits per heavy atom. The monoisotopic (exact) mass is 439 g/mol. The molecule has 0 saturated heterocycles. The summed E-state index contributed by atoms with van der Waals surface area (Å²) in [4.78, 5) is 46.2. The fourth-order valence-corrected chi connectivity index (χ4v) is 3.55. The summed E-state index contributed by atoms with van der Waals surface area (Å²) in [5.74, 6) is -1.77. The second kappa shape index (κ2) is 9.95. The molecule has 2 aromatic rings. The second-order valence-corrected chi connectivity index (χ2v) is 7.31. The van der Waals surface area contributed by atoms with Crippen LogP contribution in [0.4, 0.5) is 16.2 Å². The number of carboxylic acids is 1. The number of ether oxygens (including phenoxy) is 1. The Labute approximate surface area is 185 Å². The van der Waals surface area contributed by atoms with Gasteiger partial charge < -0.3 is 25.8 Å². The number of carbonyl (C=O) groups excluding carboxylic acids is 3. The maximum atomic E-state index is 11.9. The van der Waals surface area contributed by atoms with Crippen molar-refractivity contribution in [2.45, 2.75) is 32.6 Å². The van der Waals surface area contributed by atoms with E-state index < -0.39 is 18.6 Å². The van der Waals surface area contributed by atoms with Crippen LogP contribution >= 0.6 is 0 Å². The highest BCUT2D eigenvalue weighted by Gasteiger charge is 2.30. The van der Waals surface area contributed by atoms with Gasteiger partial charge in [-0.3, -0.25) is 14.4 Å². The van der Waals surface area contributed by atoms with E-state index in [0.29, 0.717) is 24.2 Å². The molecule has 0 bridgehead atoms. The number of nitrogens with one attached hydrogen (secondary N) is 3. The van der Waals surface area contributed by atoms with Crippen molar-refractivity contribution in [3.05, 3.63) is 47.5 Å². The van der Waals surface area contributed by atoms with Gasteiger partial charge in [-0.05, 0) is 46.5 Å². The molecule has 0 fully saturated rings. The first-order chi connectivity index (χ1) is 15.3. The summed E-state index contributed by atoms with van der Waals surface area (Å²) < 4.78 is 5.29. The molecule has 0 radical (unpaired) electrons. The number of alkyl carbamates (subject to hydrolysis) is 1. The zero-order valence-electron chi connectivity index (χ0n) is 17.9. The molecule has 0 saturated carbocycles. The Kier molecular flexibility index (Phi) is 7.09. The molecular weight excluding hydrogens is 414 g/mol. The fourth-order valence-electron chi connectivity index (χ4n) is 3.55. The number of carboxylic acid groups (broad SMARTS) is 1. The van der Waals surface area contributed by atoms with Gasteiger partial charge in [-0.1, -0.05) is 26.0 Å². The van der Waals surface area contributed by atoms with E-state index in [1.165, 1.54) is 0 Å². The summed E-state index contributed by atoms with van der Waals surface area (Å²) in [7, 11) is 0. The van der Waals surface area contributed by atoms with Gasteiger partial charge in [0.05, 0.1) is 0 Å². The average molecular weight is 439 g/mol. The maximum absolute atomic E-state index is 11.9. The third-order valence-corrected chi connectivity index (χ3v) is 5.12. The third-order valence-electron chi connectivity index (χ3n) is 5.12. The zero-order chi connectivity index (χ0) is 23.3. The molecule has 9 heteroatoms. The molecule has 1 aliphatic carbocycles. The molecule has 3 rings (SSSR count). The lowest BCUT2D eigenvalue weighted by Crippen LogP contribution is -2.30. The number of hydrogen-bond donors (Lipinski definition) is 4. The van der Waals surface area contributed by atoms with E-state index in [9.17, 15) is 19.2 Å². The van der Waals surface area contributed by atoms with Gasteiger partial charge in [-0.15, -0.1) is 0 Å². The van der Waals surface area contributed by atoms with Crippen LogP contribution in [0.3, 0.4) is 0 Å². The molecule has 0 heterocycles. The van der Waals surface area contributed by atoms with Crippen LogP contribution in [0.5, 0.6) is 0 Å². The molecule has 9 nitrogen and oxygen atoms in total. The third kappa shape index (κ3) is 5.23. The number of benzene rings is 2. The Bertz CT molecular complexity index is 998. The second-order valence-electron chi connectivity index (χ2n) is 7.31. The van der Waals surface area contributed by atoms with E-state index in [1.807, 2.05) is 36.4 Å². The minimum absolute atomic E-state index is 0.0399. The van der Waals surface area contributed by atoms with Crippen molar-refractivity contribution in [1.82, 2.24) is 5.32 Å². The molecule has 168 valence electrons. The van der Waals surface area contributed by atoms with Gasteiger partial charge in [0.1, 0.15) is 13.2 Å². The minimum Gasteiger partial charge on any atom is -0.480 e. The summed E-state index contributed by atoms with van der Waals surface area (Å²) >= 11 is 0. The predicted molar refractivity (Wildman–Crippen MR) is 119 cm³/mol. The number of carbonyl (C=O) groups is 4. The van der Waals surface area contributed by atoms with Crippen molar-refractivity contribution < 1.29 is 29.0 Å². The molecule has 0 aromatic heterocycles. The first kappa shape index (κ1) is 22.8. The molecule has 0 unspecified atom stereocenters. The first-order valence-electron chi connectivity index (χ1n) is 10.3. The lowest BCUT2D eigenvalue weighted by atomic mass is 9.97. The van der Waals surface area contributed by atoms with Gasteiger partial charge in [0.2, 0.25) is 11.8 Å². The molecule has 0 atom stereocenters. The Morgan fingerprint density at radius 2 is 1.38 bits per heavy atom. The standard InChI is InChI=1S/C23H25N3O6/c1-3-20(27)25-13-5-7-15-16-8-6-14(26-21(28)4-2)10-18(16)19(17(15)9-13)12-32-23(31)24-11-22(29)30/h5-10,19H,3-4,11-12H2,1-2H3,(H,24,31)(H,25,27)(H,26,28)(H,29,30). The quantitative estimate of drug-likeness (QED) is 0.499. The zero-order valence-corrected chi connectivity index (χ0v) is 17.9. The molecule has 2 aromatic carbocycles. The topological polar surface area (TPSA) is 134 Å². The number of aliphatic carboxylic acids is 1. The van der Waals surface area contributed by atoms with Crippen LogP contribution in [0.1, 0.15) is 43.7 Å². The summed E-state index contributed by atoms with van der Waals surface area (Å²) in [5.41, 5.74) is 4.84. The van der Waals surface area contributed by atoms with E-state index in [0.717, 1.165) is 22.3 Å². The normalized spacial score (nSPS) is 11.8. The van der Waals surface area contributed by atoms with Crippen LogP contribution in [0.25, 0.3) is 11.1 Å². The number of rotatable bonds is 8. The lowest BCUT2D eigenvalue weighted by Gasteiger charge is -2.16. The van der Waals surface area contributed by atoms with Crippen molar-refractivity contribution in [2.75, 3.05) is 23.8 Å². The van der Waals surface area contributed by atoms with E-state index in [2.05, 4.69) is 16.0 Å². The van der Waals surface area contributed by atoms with Crippen molar-refractivity contribution in [2.24, 2.45) is 0 Å². The van der Waals surface area contributed by atoms with Crippen LogP contribution in [0.2, 0.25) is 0 Å². The van der Waals surface area contributed by atoms with E-state index in [4.69, 9.17) is 9.84 Å². The summed E-state index contributed by atoms with van der Waals surface area (Å²) in [6, 6.07) is 11.1. The predicted octanol–water partition coefficient (Wildman–Crippen LogP) is 3.31. The van der Waals surface area contributed by atoms with E-state index in [-0.39, 0.29) is 24.3 Å². The molecule has 0 aliphatic heterocycles. The minimum atomic E-state index is -1.17. The van der Waals surface area contributed by atoms with Gasteiger partial charge in [0.15, 0.2) is 0 Å². The molecule has 1 aliphatic rings. The van der Waals surface area contributed by atoms with Crippen LogP contribution in [-0.2, 0) is 19.1 Å². The van der Waals surface area contributed by atoms with E-state index in [1.54, 1.807) is 13.8 Å². The highest BCUT2D eigenvalue weighted by atomic mass is 16.5. The highest BCUT2D eigenvalue weighted by Crippen LogP contribution is 2.46. The highest BCUT2D eigenvalue weighted by molar-refractivity contribution is 5.93. The van der Waals surface area contributed by atoms with Crippen molar-refractivity contribution in [3.8, 4) is 11.1 Å². The smallest absolute Gasteiger partial charge is 0.407 e. The average Bonchev–Trinajstić information content (AvgIpc) is 3.08. The van der Waals surface area contributed by atoms with Crippen LogP contribution in [0.15, 0.2) is 36.4 Å². The maximum Gasteiger partial charge on any atom is 0.407 e. The Hall–Kier alpha value is -3.88.